The van der Waals surface area contributed by atoms with Gasteiger partial charge in [0.1, 0.15) is 0 Å². The molecular weight excluding hydrogens is 278 g/mol. The molecule has 1 N–H and O–H groups in total. The molecule has 5 rings (SSSR count). The average molecular weight is 295 g/mol. The number of aromatic nitrogens is 2. The zero-order valence-corrected chi connectivity index (χ0v) is 12.1. The third-order valence-electron chi connectivity index (χ3n) is 5.28. The number of nitrogens with one attached hydrogen (secondary N) is 1. The fourth-order valence-electron chi connectivity index (χ4n) is 4.11. The van der Waals surface area contributed by atoms with E-state index in [0.29, 0.717) is 18.3 Å². The number of amides is 1. The number of benzene rings is 1. The number of aromatic amines is 1. The second kappa shape index (κ2) is 4.43. The Hall–Kier alpha value is -2.14. The second-order valence-corrected chi connectivity index (χ2v) is 6.55. The third-order valence-corrected chi connectivity index (χ3v) is 5.28. The highest BCUT2D eigenvalue weighted by Crippen LogP contribution is 2.43. The standard InChI is InChI=1S/C17H17N3O2/c21-17(6-10-1-2-11-7-18-19-14(11)5-10)20-8-12-13(9-20)16-4-3-15(12)22-16/h1-5,7,12-13,15-16H,6,8-9H2,(H,18,19). The van der Waals surface area contributed by atoms with Gasteiger partial charge in [0.05, 0.1) is 30.3 Å². The molecule has 3 aliphatic rings. The van der Waals surface area contributed by atoms with E-state index in [4.69, 9.17) is 4.74 Å². The molecule has 2 fully saturated rings. The van der Waals surface area contributed by atoms with Gasteiger partial charge in [0.15, 0.2) is 0 Å². The molecule has 3 aliphatic heterocycles. The summed E-state index contributed by atoms with van der Waals surface area (Å²) < 4.78 is 5.86. The van der Waals surface area contributed by atoms with Crippen LogP contribution in [0.1, 0.15) is 5.56 Å². The van der Waals surface area contributed by atoms with E-state index in [2.05, 4.69) is 22.3 Å². The van der Waals surface area contributed by atoms with Crippen molar-refractivity contribution in [3.8, 4) is 0 Å². The molecule has 0 spiro atoms. The van der Waals surface area contributed by atoms with Gasteiger partial charge in [-0.3, -0.25) is 9.89 Å². The smallest absolute Gasteiger partial charge is 0.227 e. The lowest BCUT2D eigenvalue weighted by Gasteiger charge is -2.19. The molecule has 4 heterocycles. The maximum Gasteiger partial charge on any atom is 0.227 e. The van der Waals surface area contributed by atoms with Crippen molar-refractivity contribution in [3.05, 3.63) is 42.1 Å². The molecule has 0 saturated carbocycles. The van der Waals surface area contributed by atoms with Crippen molar-refractivity contribution >= 4 is 16.8 Å². The van der Waals surface area contributed by atoms with Crippen LogP contribution in [0, 0.1) is 11.8 Å². The van der Waals surface area contributed by atoms with E-state index in [0.717, 1.165) is 29.6 Å². The predicted molar refractivity (Wildman–Crippen MR) is 81.2 cm³/mol. The molecule has 2 bridgehead atoms. The lowest BCUT2D eigenvalue weighted by molar-refractivity contribution is -0.130. The highest BCUT2D eigenvalue weighted by atomic mass is 16.5. The van der Waals surface area contributed by atoms with Gasteiger partial charge in [-0.05, 0) is 11.6 Å². The van der Waals surface area contributed by atoms with Crippen LogP contribution >= 0.6 is 0 Å². The Labute approximate surface area is 127 Å². The maximum atomic E-state index is 12.6. The quantitative estimate of drug-likeness (QED) is 0.855. The molecule has 1 amide bonds. The van der Waals surface area contributed by atoms with Gasteiger partial charge in [0, 0.05) is 30.3 Å². The van der Waals surface area contributed by atoms with Gasteiger partial charge in [-0.2, -0.15) is 5.10 Å². The number of hydrogen-bond acceptors (Lipinski definition) is 3. The summed E-state index contributed by atoms with van der Waals surface area (Å²) in [6.07, 6.45) is 7.03. The van der Waals surface area contributed by atoms with Gasteiger partial charge < -0.3 is 9.64 Å². The largest absolute Gasteiger partial charge is 0.366 e. The van der Waals surface area contributed by atoms with E-state index in [-0.39, 0.29) is 18.1 Å². The van der Waals surface area contributed by atoms with Gasteiger partial charge in [-0.25, -0.2) is 0 Å². The molecule has 0 aliphatic carbocycles. The zero-order valence-electron chi connectivity index (χ0n) is 12.1. The van der Waals surface area contributed by atoms with Crippen LogP contribution < -0.4 is 0 Å². The van der Waals surface area contributed by atoms with Crippen LogP contribution in [0.25, 0.3) is 10.9 Å². The summed E-state index contributed by atoms with van der Waals surface area (Å²) in [4.78, 5) is 14.6. The van der Waals surface area contributed by atoms with Gasteiger partial charge >= 0.3 is 0 Å². The van der Waals surface area contributed by atoms with Crippen LogP contribution in [0.5, 0.6) is 0 Å². The molecular formula is C17H17N3O2. The Morgan fingerprint density at radius 1 is 1.27 bits per heavy atom. The van der Waals surface area contributed by atoms with Crippen molar-refractivity contribution in [1.82, 2.24) is 15.1 Å². The van der Waals surface area contributed by atoms with Gasteiger partial charge in [0.2, 0.25) is 5.91 Å². The third kappa shape index (κ3) is 1.75. The Balaban J connectivity index is 1.31. The molecule has 1 aromatic carbocycles. The normalized spacial score (nSPS) is 32.1. The van der Waals surface area contributed by atoms with Crippen LogP contribution in [-0.2, 0) is 16.0 Å². The first kappa shape index (κ1) is 12.4. The molecule has 4 unspecified atom stereocenters. The molecule has 5 nitrogen and oxygen atoms in total. The van der Waals surface area contributed by atoms with Crippen LogP contribution in [-0.4, -0.2) is 46.3 Å². The SMILES string of the molecule is O=C(Cc1ccc2cn[nH]c2c1)N1CC2C3C=CC(O3)C2C1. The van der Waals surface area contributed by atoms with E-state index >= 15 is 0 Å². The highest BCUT2D eigenvalue weighted by molar-refractivity contribution is 5.83. The average Bonchev–Trinajstić information content (AvgIpc) is 3.27. The molecule has 2 aromatic rings. The molecule has 5 heteroatoms. The minimum absolute atomic E-state index is 0.215. The summed E-state index contributed by atoms with van der Waals surface area (Å²) >= 11 is 0. The first-order valence-electron chi connectivity index (χ1n) is 7.81. The Morgan fingerprint density at radius 2 is 2.05 bits per heavy atom. The van der Waals surface area contributed by atoms with Crippen molar-refractivity contribution in [2.24, 2.45) is 11.8 Å². The van der Waals surface area contributed by atoms with E-state index in [1.165, 1.54) is 0 Å². The summed E-state index contributed by atoms with van der Waals surface area (Å²) in [5.74, 6) is 1.20. The van der Waals surface area contributed by atoms with Crippen molar-refractivity contribution in [1.29, 1.82) is 0 Å². The summed E-state index contributed by atoms with van der Waals surface area (Å²) in [7, 11) is 0. The van der Waals surface area contributed by atoms with E-state index < -0.39 is 0 Å². The van der Waals surface area contributed by atoms with Crippen LogP contribution in [0.4, 0.5) is 0 Å². The first-order valence-corrected chi connectivity index (χ1v) is 7.81. The van der Waals surface area contributed by atoms with Gasteiger partial charge in [-0.1, -0.05) is 24.3 Å². The summed E-state index contributed by atoms with van der Waals surface area (Å²) in [6, 6.07) is 6.05. The Bertz CT molecular complexity index is 761. The van der Waals surface area contributed by atoms with E-state index in [1.54, 1.807) is 6.20 Å². The number of hydrogen-bond donors (Lipinski definition) is 1. The lowest BCUT2D eigenvalue weighted by atomic mass is 9.86. The second-order valence-electron chi connectivity index (χ2n) is 6.55. The molecule has 22 heavy (non-hydrogen) atoms. The number of H-pyrrole nitrogens is 1. The number of fused-ring (bicyclic) bond motifs is 6. The van der Waals surface area contributed by atoms with Crippen molar-refractivity contribution < 1.29 is 9.53 Å². The monoisotopic (exact) mass is 295 g/mol. The molecule has 4 atom stereocenters. The number of ether oxygens (including phenoxy) is 1. The van der Waals surface area contributed by atoms with Crippen LogP contribution in [0.3, 0.4) is 0 Å². The lowest BCUT2D eigenvalue weighted by Crippen LogP contribution is -2.32. The maximum absolute atomic E-state index is 12.6. The predicted octanol–water partition coefficient (Wildman–Crippen LogP) is 1.52. The van der Waals surface area contributed by atoms with Crippen LogP contribution in [0.2, 0.25) is 0 Å². The fourth-order valence-corrected chi connectivity index (χ4v) is 4.11. The number of rotatable bonds is 2. The summed E-state index contributed by atoms with van der Waals surface area (Å²) in [5.41, 5.74) is 2.02. The van der Waals surface area contributed by atoms with Crippen LogP contribution in [0.15, 0.2) is 36.5 Å². The summed E-state index contributed by atoms with van der Waals surface area (Å²) in [6.45, 7) is 1.67. The van der Waals surface area contributed by atoms with E-state index in [1.807, 2.05) is 23.1 Å². The van der Waals surface area contributed by atoms with Crippen molar-refractivity contribution in [3.63, 3.8) is 0 Å². The number of nitrogens with zero attached hydrogens (tertiary/aromatic N) is 2. The molecule has 112 valence electrons. The number of carbonyl (C=O) groups excluding carboxylic acids is 1. The van der Waals surface area contributed by atoms with E-state index in [9.17, 15) is 4.79 Å². The summed E-state index contributed by atoms with van der Waals surface area (Å²) in [5, 5.41) is 8.05. The number of carbonyl (C=O) groups is 1. The zero-order chi connectivity index (χ0) is 14.7. The minimum Gasteiger partial charge on any atom is -0.366 e. The van der Waals surface area contributed by atoms with Crippen molar-refractivity contribution in [2.45, 2.75) is 18.6 Å². The molecule has 0 radical (unpaired) electrons. The Morgan fingerprint density at radius 3 is 2.82 bits per heavy atom. The number of likely N-dealkylation sites (tertiary alicyclic amines) is 1. The van der Waals surface area contributed by atoms with Gasteiger partial charge in [0.25, 0.3) is 0 Å². The molecule has 1 aromatic heterocycles. The fraction of sp³-hybridized carbons (Fsp3) is 0.412. The Kier molecular flexibility index (Phi) is 2.50. The van der Waals surface area contributed by atoms with Crippen molar-refractivity contribution in [2.75, 3.05) is 13.1 Å². The first-order chi connectivity index (χ1) is 10.8. The minimum atomic E-state index is 0.215. The van der Waals surface area contributed by atoms with Gasteiger partial charge in [-0.15, -0.1) is 0 Å². The topological polar surface area (TPSA) is 58.2 Å². The highest BCUT2D eigenvalue weighted by Gasteiger charge is 2.51. The molecule has 2 saturated heterocycles.